The lowest BCUT2D eigenvalue weighted by atomic mass is 10.3. The molecule has 5 heteroatoms. The van der Waals surface area contributed by atoms with Crippen molar-refractivity contribution >= 4 is 12.0 Å². The molecule has 0 bridgehead atoms. The summed E-state index contributed by atoms with van der Waals surface area (Å²) in [5.41, 5.74) is 0. The average Bonchev–Trinajstić information content (AvgIpc) is 2.13. The van der Waals surface area contributed by atoms with Gasteiger partial charge >= 0.3 is 12.0 Å². The normalized spacial score (nSPS) is 11.9. The summed E-state index contributed by atoms with van der Waals surface area (Å²) in [7, 11) is 1.58. The van der Waals surface area contributed by atoms with Crippen LogP contribution in [0.15, 0.2) is 0 Å². The standard InChI is InChI=1S/C9H18N2O3/c1-4-7(2)10-9(14)11(3)6-5-8(12)13/h7H,4-6H2,1-3H3,(H,10,14)(H,12,13). The van der Waals surface area contributed by atoms with E-state index in [1.54, 1.807) is 7.05 Å². The Morgan fingerprint density at radius 3 is 2.50 bits per heavy atom. The molecule has 0 aliphatic rings. The molecule has 0 aliphatic carbocycles. The Labute approximate surface area is 84.1 Å². The highest BCUT2D eigenvalue weighted by Gasteiger charge is 2.11. The molecular formula is C9H18N2O3. The van der Waals surface area contributed by atoms with Crippen LogP contribution in [0.5, 0.6) is 0 Å². The number of carboxylic acids is 1. The fourth-order valence-electron chi connectivity index (χ4n) is 0.788. The summed E-state index contributed by atoms with van der Waals surface area (Å²) in [5, 5.41) is 11.2. The van der Waals surface area contributed by atoms with Crippen molar-refractivity contribution < 1.29 is 14.7 Å². The molecule has 0 aromatic rings. The lowest BCUT2D eigenvalue weighted by Crippen LogP contribution is -2.42. The van der Waals surface area contributed by atoms with Gasteiger partial charge in [-0.1, -0.05) is 6.92 Å². The van der Waals surface area contributed by atoms with E-state index in [9.17, 15) is 9.59 Å². The zero-order valence-electron chi connectivity index (χ0n) is 8.91. The van der Waals surface area contributed by atoms with E-state index in [-0.39, 0.29) is 25.0 Å². The highest BCUT2D eigenvalue weighted by Crippen LogP contribution is 1.93. The molecule has 1 atom stereocenters. The minimum atomic E-state index is -0.895. The number of carbonyl (C=O) groups excluding carboxylic acids is 1. The molecule has 2 N–H and O–H groups in total. The molecule has 82 valence electrons. The fraction of sp³-hybridized carbons (Fsp3) is 0.778. The monoisotopic (exact) mass is 202 g/mol. The van der Waals surface area contributed by atoms with Gasteiger partial charge in [0.15, 0.2) is 0 Å². The molecule has 1 unspecified atom stereocenters. The fourth-order valence-corrected chi connectivity index (χ4v) is 0.788. The second kappa shape index (κ2) is 6.23. The number of hydrogen-bond donors (Lipinski definition) is 2. The number of rotatable bonds is 5. The summed E-state index contributed by atoms with van der Waals surface area (Å²) < 4.78 is 0. The van der Waals surface area contributed by atoms with Gasteiger partial charge < -0.3 is 15.3 Å². The van der Waals surface area contributed by atoms with Crippen LogP contribution in [0.3, 0.4) is 0 Å². The molecule has 0 saturated heterocycles. The van der Waals surface area contributed by atoms with Gasteiger partial charge in [0.05, 0.1) is 6.42 Å². The lowest BCUT2D eigenvalue weighted by molar-refractivity contribution is -0.137. The Hall–Kier alpha value is -1.26. The van der Waals surface area contributed by atoms with Crippen LogP contribution in [0, 0.1) is 0 Å². The van der Waals surface area contributed by atoms with E-state index in [0.29, 0.717) is 0 Å². The van der Waals surface area contributed by atoms with E-state index >= 15 is 0 Å². The number of hydrogen-bond acceptors (Lipinski definition) is 2. The molecule has 0 aromatic heterocycles. The maximum atomic E-state index is 11.3. The van der Waals surface area contributed by atoms with E-state index in [4.69, 9.17) is 5.11 Å². The predicted octanol–water partition coefficient (Wildman–Crippen LogP) is 0.901. The van der Waals surface area contributed by atoms with Crippen LogP contribution in [0.4, 0.5) is 4.79 Å². The Morgan fingerprint density at radius 1 is 1.50 bits per heavy atom. The van der Waals surface area contributed by atoms with Crippen LogP contribution in [-0.2, 0) is 4.79 Å². The van der Waals surface area contributed by atoms with Crippen LogP contribution in [-0.4, -0.2) is 41.6 Å². The van der Waals surface area contributed by atoms with Gasteiger partial charge in [-0.05, 0) is 13.3 Å². The van der Waals surface area contributed by atoms with Crippen molar-refractivity contribution in [3.63, 3.8) is 0 Å². The molecule has 0 spiro atoms. The smallest absolute Gasteiger partial charge is 0.317 e. The molecular weight excluding hydrogens is 184 g/mol. The first-order valence-electron chi connectivity index (χ1n) is 4.70. The highest BCUT2D eigenvalue weighted by molar-refractivity contribution is 5.75. The third kappa shape index (κ3) is 5.40. The van der Waals surface area contributed by atoms with E-state index in [0.717, 1.165) is 6.42 Å². The Kier molecular flexibility index (Phi) is 5.67. The molecule has 0 saturated carbocycles. The van der Waals surface area contributed by atoms with Crippen LogP contribution in [0.1, 0.15) is 26.7 Å². The summed E-state index contributed by atoms with van der Waals surface area (Å²) in [6, 6.07) is -0.102. The van der Waals surface area contributed by atoms with Crippen molar-refractivity contribution in [2.45, 2.75) is 32.7 Å². The highest BCUT2D eigenvalue weighted by atomic mass is 16.4. The van der Waals surface area contributed by atoms with Crippen molar-refractivity contribution in [3.05, 3.63) is 0 Å². The van der Waals surface area contributed by atoms with Gasteiger partial charge in [-0.2, -0.15) is 0 Å². The molecule has 5 nitrogen and oxygen atoms in total. The largest absolute Gasteiger partial charge is 0.481 e. The second-order valence-electron chi connectivity index (χ2n) is 3.32. The zero-order chi connectivity index (χ0) is 11.1. The minimum Gasteiger partial charge on any atom is -0.481 e. The maximum absolute atomic E-state index is 11.3. The van der Waals surface area contributed by atoms with Crippen LogP contribution >= 0.6 is 0 Å². The molecule has 14 heavy (non-hydrogen) atoms. The van der Waals surface area contributed by atoms with Gasteiger partial charge in [-0.3, -0.25) is 4.79 Å². The summed E-state index contributed by atoms with van der Waals surface area (Å²) in [4.78, 5) is 23.0. The molecule has 0 rings (SSSR count). The van der Waals surface area contributed by atoms with E-state index in [1.807, 2.05) is 13.8 Å². The predicted molar refractivity (Wildman–Crippen MR) is 53.2 cm³/mol. The van der Waals surface area contributed by atoms with Gasteiger partial charge in [-0.25, -0.2) is 4.79 Å². The molecule has 0 radical (unpaired) electrons. The van der Waals surface area contributed by atoms with Crippen molar-refractivity contribution in [3.8, 4) is 0 Å². The number of carboxylic acid groups (broad SMARTS) is 1. The minimum absolute atomic E-state index is 0.0234. The average molecular weight is 202 g/mol. The zero-order valence-corrected chi connectivity index (χ0v) is 8.91. The van der Waals surface area contributed by atoms with Gasteiger partial charge in [0.2, 0.25) is 0 Å². The third-order valence-electron chi connectivity index (χ3n) is 1.99. The summed E-state index contributed by atoms with van der Waals surface area (Å²) in [6.45, 7) is 4.11. The summed E-state index contributed by atoms with van der Waals surface area (Å²) in [5.74, 6) is -0.895. The first-order valence-corrected chi connectivity index (χ1v) is 4.70. The van der Waals surface area contributed by atoms with Crippen LogP contribution < -0.4 is 5.32 Å². The number of nitrogens with one attached hydrogen (secondary N) is 1. The van der Waals surface area contributed by atoms with Gasteiger partial charge in [0, 0.05) is 19.6 Å². The van der Waals surface area contributed by atoms with Crippen molar-refractivity contribution in [2.75, 3.05) is 13.6 Å². The first kappa shape index (κ1) is 12.7. The number of carbonyl (C=O) groups is 2. The van der Waals surface area contributed by atoms with Crippen molar-refractivity contribution in [2.24, 2.45) is 0 Å². The molecule has 0 aromatic carbocycles. The topological polar surface area (TPSA) is 69.6 Å². The maximum Gasteiger partial charge on any atom is 0.317 e. The SMILES string of the molecule is CCC(C)NC(=O)N(C)CCC(=O)O. The molecule has 2 amide bonds. The molecule has 0 heterocycles. The second-order valence-corrected chi connectivity index (χ2v) is 3.32. The van der Waals surface area contributed by atoms with Gasteiger partial charge in [0.1, 0.15) is 0 Å². The van der Waals surface area contributed by atoms with E-state index < -0.39 is 5.97 Å². The number of urea groups is 1. The van der Waals surface area contributed by atoms with Crippen molar-refractivity contribution in [1.29, 1.82) is 0 Å². The Bertz CT molecular complexity index is 206. The number of amides is 2. The number of aliphatic carboxylic acids is 1. The quantitative estimate of drug-likeness (QED) is 0.696. The lowest BCUT2D eigenvalue weighted by Gasteiger charge is -2.19. The Morgan fingerprint density at radius 2 is 2.07 bits per heavy atom. The van der Waals surface area contributed by atoms with Crippen LogP contribution in [0.2, 0.25) is 0 Å². The molecule has 0 fully saturated rings. The van der Waals surface area contributed by atoms with Gasteiger partial charge in [-0.15, -0.1) is 0 Å². The van der Waals surface area contributed by atoms with E-state index in [2.05, 4.69) is 5.32 Å². The summed E-state index contributed by atoms with van der Waals surface area (Å²) in [6.07, 6.45) is 0.836. The first-order chi connectivity index (χ1) is 6.47. The van der Waals surface area contributed by atoms with Crippen LogP contribution in [0.25, 0.3) is 0 Å². The Balaban J connectivity index is 3.81. The van der Waals surface area contributed by atoms with Gasteiger partial charge in [0.25, 0.3) is 0 Å². The number of nitrogens with zero attached hydrogens (tertiary/aromatic N) is 1. The van der Waals surface area contributed by atoms with E-state index in [1.165, 1.54) is 4.90 Å². The van der Waals surface area contributed by atoms with Crippen molar-refractivity contribution in [1.82, 2.24) is 10.2 Å². The summed E-state index contributed by atoms with van der Waals surface area (Å²) >= 11 is 0. The molecule has 0 aliphatic heterocycles. The third-order valence-corrected chi connectivity index (χ3v) is 1.99.